The maximum absolute atomic E-state index is 13.2. The Hall–Kier alpha value is -1.85. The second-order valence-electron chi connectivity index (χ2n) is 7.57. The highest BCUT2D eigenvalue weighted by molar-refractivity contribution is 6.36. The van der Waals surface area contributed by atoms with Crippen LogP contribution in [0.15, 0.2) is 42.5 Å². The van der Waals surface area contributed by atoms with Crippen molar-refractivity contribution in [2.75, 3.05) is 19.6 Å². The van der Waals surface area contributed by atoms with Gasteiger partial charge in [-0.1, -0.05) is 41.2 Å². The minimum atomic E-state index is 0.0217. The van der Waals surface area contributed by atoms with Crippen LogP contribution in [0.25, 0.3) is 17.1 Å². The average Bonchev–Trinajstić information content (AvgIpc) is 3.06. The van der Waals surface area contributed by atoms with E-state index in [1.807, 2.05) is 41.8 Å². The quantitative estimate of drug-likeness (QED) is 0.407. The number of hydrogen-bond donors (Lipinski definition) is 0. The first-order chi connectivity index (χ1) is 14.4. The Labute approximate surface area is 191 Å². The van der Waals surface area contributed by atoms with Crippen LogP contribution in [0, 0.1) is 6.92 Å². The summed E-state index contributed by atoms with van der Waals surface area (Å²) < 4.78 is 1.95. The van der Waals surface area contributed by atoms with Gasteiger partial charge in [-0.15, -0.1) is 0 Å². The number of imidazole rings is 1. The maximum Gasteiger partial charge on any atom is 0.196 e. The van der Waals surface area contributed by atoms with Gasteiger partial charge in [0.2, 0.25) is 0 Å². The summed E-state index contributed by atoms with van der Waals surface area (Å²) in [7, 11) is 0. The Morgan fingerprint density at radius 1 is 0.967 bits per heavy atom. The highest BCUT2D eigenvalue weighted by Crippen LogP contribution is 2.33. The minimum absolute atomic E-state index is 0.0217. The highest BCUT2D eigenvalue weighted by atomic mass is 35.5. The summed E-state index contributed by atoms with van der Waals surface area (Å²) in [4.78, 5) is 20.1. The summed E-state index contributed by atoms with van der Waals surface area (Å²) in [5.74, 6) is 0.631. The van der Waals surface area contributed by atoms with Crippen molar-refractivity contribution in [1.29, 1.82) is 0 Å². The molecule has 0 radical (unpaired) electrons. The van der Waals surface area contributed by atoms with Gasteiger partial charge in [-0.25, -0.2) is 4.98 Å². The van der Waals surface area contributed by atoms with Crippen molar-refractivity contribution in [3.05, 3.63) is 68.9 Å². The first-order valence-corrected chi connectivity index (χ1v) is 11.1. The molecule has 0 amide bonds. The summed E-state index contributed by atoms with van der Waals surface area (Å²) in [6.45, 7) is 4.21. The van der Waals surface area contributed by atoms with Gasteiger partial charge in [-0.2, -0.15) is 0 Å². The van der Waals surface area contributed by atoms with Crippen LogP contribution in [0.4, 0.5) is 0 Å². The zero-order valence-corrected chi connectivity index (χ0v) is 18.9. The fraction of sp³-hybridized carbons (Fsp3) is 0.304. The molecule has 0 unspecified atom stereocenters. The Balaban J connectivity index is 1.80. The molecule has 156 valence electrons. The normalized spacial score (nSPS) is 14.8. The summed E-state index contributed by atoms with van der Waals surface area (Å²) in [5.41, 5.74) is 2.83. The second kappa shape index (κ2) is 9.11. The molecule has 3 aromatic rings. The van der Waals surface area contributed by atoms with Gasteiger partial charge in [0, 0.05) is 21.3 Å². The average molecular weight is 463 g/mol. The van der Waals surface area contributed by atoms with Crippen LogP contribution < -0.4 is 0 Å². The lowest BCUT2D eigenvalue weighted by molar-refractivity contribution is 0.0910. The van der Waals surface area contributed by atoms with Crippen LogP contribution in [-0.4, -0.2) is 39.9 Å². The van der Waals surface area contributed by atoms with Gasteiger partial charge < -0.3 is 0 Å². The first-order valence-electron chi connectivity index (χ1n) is 10.0. The number of hydrogen-bond acceptors (Lipinski definition) is 3. The molecule has 1 saturated heterocycles. The number of ketones is 1. The molecule has 0 bridgehead atoms. The lowest BCUT2D eigenvalue weighted by Crippen LogP contribution is -2.34. The predicted octanol–water partition coefficient (Wildman–Crippen LogP) is 6.48. The van der Waals surface area contributed by atoms with E-state index < -0.39 is 0 Å². The van der Waals surface area contributed by atoms with Gasteiger partial charge in [0.1, 0.15) is 11.5 Å². The lowest BCUT2D eigenvalue weighted by Gasteiger charge is -2.25. The fourth-order valence-corrected chi connectivity index (χ4v) is 4.54. The number of rotatable bonds is 5. The molecule has 2 heterocycles. The van der Waals surface area contributed by atoms with Gasteiger partial charge in [0.25, 0.3) is 0 Å². The summed E-state index contributed by atoms with van der Waals surface area (Å²) in [5, 5.41) is 1.67. The van der Waals surface area contributed by atoms with Crippen molar-refractivity contribution in [1.82, 2.24) is 14.5 Å². The number of piperidine rings is 1. The smallest absolute Gasteiger partial charge is 0.196 e. The van der Waals surface area contributed by atoms with Gasteiger partial charge in [-0.05, 0) is 75.3 Å². The molecule has 2 aromatic carbocycles. The summed E-state index contributed by atoms with van der Waals surface area (Å²) >= 11 is 18.7. The fourth-order valence-electron chi connectivity index (χ4n) is 3.92. The Morgan fingerprint density at radius 3 is 2.30 bits per heavy atom. The number of carbonyl (C=O) groups excluding carboxylic acids is 1. The van der Waals surface area contributed by atoms with E-state index >= 15 is 0 Å². The lowest BCUT2D eigenvalue weighted by atomic mass is 10.1. The standard InChI is InChI=1S/C23H22Cl3N3O/c1-15-22(21(30)14-28-11-3-2-4-12-28)27-23(19-10-7-17(25)13-20(19)26)29(15)18-8-5-16(24)6-9-18/h5-10,13H,2-4,11-12,14H2,1H3. The molecule has 1 aliphatic rings. The molecule has 4 rings (SSSR count). The highest BCUT2D eigenvalue weighted by Gasteiger charge is 2.24. The molecule has 4 nitrogen and oxygen atoms in total. The Bertz CT molecular complexity index is 1070. The number of aromatic nitrogens is 2. The molecule has 0 saturated carbocycles. The van der Waals surface area contributed by atoms with Gasteiger partial charge in [0.05, 0.1) is 17.3 Å². The van der Waals surface area contributed by atoms with E-state index in [9.17, 15) is 4.79 Å². The third kappa shape index (κ3) is 4.42. The third-order valence-electron chi connectivity index (χ3n) is 5.44. The zero-order chi connectivity index (χ0) is 21.3. The van der Waals surface area contributed by atoms with Gasteiger partial charge in [-0.3, -0.25) is 14.3 Å². The van der Waals surface area contributed by atoms with Crippen molar-refractivity contribution < 1.29 is 4.79 Å². The molecule has 0 N–H and O–H groups in total. The van der Waals surface area contributed by atoms with Gasteiger partial charge in [0.15, 0.2) is 5.78 Å². The van der Waals surface area contributed by atoms with Crippen molar-refractivity contribution in [3.63, 3.8) is 0 Å². The molecule has 0 aliphatic carbocycles. The molecule has 0 atom stereocenters. The molecular weight excluding hydrogens is 441 g/mol. The number of likely N-dealkylation sites (tertiary alicyclic amines) is 1. The van der Waals surface area contributed by atoms with Crippen LogP contribution in [0.3, 0.4) is 0 Å². The van der Waals surface area contributed by atoms with Crippen LogP contribution >= 0.6 is 34.8 Å². The van der Waals surface area contributed by atoms with E-state index in [2.05, 4.69) is 4.90 Å². The zero-order valence-electron chi connectivity index (χ0n) is 16.7. The van der Waals surface area contributed by atoms with Crippen LogP contribution in [0.1, 0.15) is 35.4 Å². The van der Waals surface area contributed by atoms with Crippen molar-refractivity contribution >= 4 is 40.6 Å². The Kier molecular flexibility index (Phi) is 6.49. The second-order valence-corrected chi connectivity index (χ2v) is 8.85. The molecule has 1 fully saturated rings. The van der Waals surface area contributed by atoms with Gasteiger partial charge >= 0.3 is 0 Å². The van der Waals surface area contributed by atoms with Crippen molar-refractivity contribution in [2.45, 2.75) is 26.2 Å². The molecule has 0 spiro atoms. The van der Waals surface area contributed by atoms with Crippen LogP contribution in [0.2, 0.25) is 15.1 Å². The number of carbonyl (C=O) groups is 1. The molecular formula is C23H22Cl3N3O. The molecule has 30 heavy (non-hydrogen) atoms. The van der Waals surface area contributed by atoms with Crippen molar-refractivity contribution in [2.24, 2.45) is 0 Å². The number of nitrogens with zero attached hydrogens (tertiary/aromatic N) is 3. The number of benzene rings is 2. The number of halogens is 3. The third-order valence-corrected chi connectivity index (χ3v) is 6.24. The van der Waals surface area contributed by atoms with E-state index in [1.54, 1.807) is 12.1 Å². The molecule has 1 aromatic heterocycles. The maximum atomic E-state index is 13.2. The van der Waals surface area contributed by atoms with E-state index in [0.29, 0.717) is 33.1 Å². The van der Waals surface area contributed by atoms with E-state index in [0.717, 1.165) is 42.9 Å². The van der Waals surface area contributed by atoms with E-state index in [-0.39, 0.29) is 5.78 Å². The van der Waals surface area contributed by atoms with Crippen molar-refractivity contribution in [3.8, 4) is 17.1 Å². The summed E-state index contributed by atoms with van der Waals surface area (Å²) in [6, 6.07) is 12.7. The minimum Gasteiger partial charge on any atom is -0.296 e. The number of Topliss-reactive ketones (excluding diaryl/α,β-unsaturated/α-hetero) is 1. The molecule has 1 aliphatic heterocycles. The van der Waals surface area contributed by atoms with Crippen LogP contribution in [-0.2, 0) is 0 Å². The molecule has 7 heteroatoms. The monoisotopic (exact) mass is 461 g/mol. The Morgan fingerprint density at radius 2 is 1.63 bits per heavy atom. The predicted molar refractivity (Wildman–Crippen MR) is 123 cm³/mol. The van der Waals surface area contributed by atoms with E-state index in [4.69, 9.17) is 39.8 Å². The van der Waals surface area contributed by atoms with Crippen LogP contribution in [0.5, 0.6) is 0 Å². The largest absolute Gasteiger partial charge is 0.296 e. The SMILES string of the molecule is Cc1c(C(=O)CN2CCCCC2)nc(-c2ccc(Cl)cc2Cl)n1-c1ccc(Cl)cc1. The first kappa shape index (κ1) is 21.4. The van der Waals surface area contributed by atoms with E-state index in [1.165, 1.54) is 6.42 Å². The summed E-state index contributed by atoms with van der Waals surface area (Å²) in [6.07, 6.45) is 3.50. The topological polar surface area (TPSA) is 38.1 Å².